The van der Waals surface area contributed by atoms with Crippen molar-refractivity contribution in [3.8, 4) is 0 Å². The van der Waals surface area contributed by atoms with Crippen LogP contribution in [0.15, 0.2) is 48.5 Å². The van der Waals surface area contributed by atoms with E-state index in [4.69, 9.17) is 9.16 Å². The Kier molecular flexibility index (Phi) is 8.57. The molecule has 1 amide bonds. The molecule has 1 saturated heterocycles. The molecule has 0 aromatic heterocycles. The van der Waals surface area contributed by atoms with Crippen molar-refractivity contribution in [1.82, 2.24) is 0 Å². The summed E-state index contributed by atoms with van der Waals surface area (Å²) < 4.78 is 11.8. The van der Waals surface area contributed by atoms with Gasteiger partial charge >= 0.3 is 0 Å². The lowest BCUT2D eigenvalue weighted by atomic mass is 9.99. The van der Waals surface area contributed by atoms with Crippen molar-refractivity contribution in [3.05, 3.63) is 70.8 Å². The average Bonchev–Trinajstić information content (AvgIpc) is 2.89. The van der Waals surface area contributed by atoms with Crippen molar-refractivity contribution in [2.75, 3.05) is 30.4 Å². The normalized spacial score (nSPS) is 16.0. The number of aliphatic hydroxyl groups excluding tert-OH is 1. The molecule has 0 spiro atoms. The molecule has 39 heavy (non-hydrogen) atoms. The van der Waals surface area contributed by atoms with Gasteiger partial charge in [-0.3, -0.25) is 4.79 Å². The molecule has 1 aliphatic rings. The van der Waals surface area contributed by atoms with Gasteiger partial charge in [0.2, 0.25) is 0 Å². The Bertz CT molecular complexity index is 1340. The second kappa shape index (κ2) is 11.4. The smallest absolute Gasteiger partial charge is 0.256 e. The first kappa shape index (κ1) is 29.3. The molecule has 4 rings (SSSR count). The highest BCUT2D eigenvalue weighted by atomic mass is 28.4. The molecule has 0 bridgehead atoms. The van der Waals surface area contributed by atoms with Crippen molar-refractivity contribution in [2.24, 2.45) is 0 Å². The van der Waals surface area contributed by atoms with Crippen LogP contribution in [0.1, 0.15) is 67.0 Å². The minimum atomic E-state index is -1.81. The van der Waals surface area contributed by atoms with Gasteiger partial charge in [0.05, 0.1) is 0 Å². The molecule has 6 nitrogen and oxygen atoms in total. The number of amides is 1. The first-order valence-electron chi connectivity index (χ1n) is 13.9. The zero-order valence-electron chi connectivity index (χ0n) is 24.7. The summed E-state index contributed by atoms with van der Waals surface area (Å²) in [6.45, 7) is 17.1. The minimum Gasteiger partial charge on any atom is -0.414 e. The van der Waals surface area contributed by atoms with E-state index in [0.29, 0.717) is 16.8 Å². The quantitative estimate of drug-likeness (QED) is 0.239. The summed E-state index contributed by atoms with van der Waals surface area (Å²) in [6.07, 6.45) is 1.20. The van der Waals surface area contributed by atoms with Gasteiger partial charge in [0.15, 0.2) is 14.6 Å². The molecule has 0 radical (unpaired) electrons. The van der Waals surface area contributed by atoms with E-state index < -0.39 is 14.6 Å². The van der Waals surface area contributed by atoms with Crippen molar-refractivity contribution in [1.29, 1.82) is 0 Å². The maximum absolute atomic E-state index is 13.8. The Morgan fingerprint density at radius 1 is 1.08 bits per heavy atom. The van der Waals surface area contributed by atoms with Crippen molar-refractivity contribution >= 4 is 36.4 Å². The van der Waals surface area contributed by atoms with Crippen LogP contribution in [-0.4, -0.2) is 45.6 Å². The van der Waals surface area contributed by atoms with Gasteiger partial charge in [-0.1, -0.05) is 57.2 Å². The fourth-order valence-corrected chi connectivity index (χ4v) is 6.54. The largest absolute Gasteiger partial charge is 0.414 e. The first-order chi connectivity index (χ1) is 18.3. The van der Waals surface area contributed by atoms with Crippen LogP contribution in [0.3, 0.4) is 0 Å². The Balaban J connectivity index is 1.60. The van der Waals surface area contributed by atoms with Crippen LogP contribution >= 0.6 is 0 Å². The highest BCUT2D eigenvalue weighted by Gasteiger charge is 2.39. The third kappa shape index (κ3) is 6.22. The predicted octanol–water partition coefficient (Wildman–Crippen LogP) is 7.34. The van der Waals surface area contributed by atoms with Gasteiger partial charge in [-0.05, 0) is 78.9 Å². The van der Waals surface area contributed by atoms with E-state index in [1.807, 2.05) is 50.2 Å². The number of carbonyl (C=O) groups is 1. The lowest BCUT2D eigenvalue weighted by Gasteiger charge is -2.42. The van der Waals surface area contributed by atoms with Gasteiger partial charge in [0, 0.05) is 48.8 Å². The van der Waals surface area contributed by atoms with E-state index in [1.54, 1.807) is 0 Å². The lowest BCUT2D eigenvalue weighted by Crippen LogP contribution is -2.47. The number of benzene rings is 3. The molecule has 2 N–H and O–H groups in total. The molecule has 0 saturated carbocycles. The van der Waals surface area contributed by atoms with E-state index in [9.17, 15) is 9.90 Å². The number of rotatable bonds is 7. The molecule has 1 heterocycles. The highest BCUT2D eigenvalue weighted by Crippen LogP contribution is 2.39. The molecular weight excluding hydrogens is 504 g/mol. The number of piperidine rings is 1. The number of hydrogen-bond acceptors (Lipinski definition) is 5. The van der Waals surface area contributed by atoms with Crippen molar-refractivity contribution in [3.63, 3.8) is 0 Å². The molecule has 1 atom stereocenters. The molecule has 210 valence electrons. The van der Waals surface area contributed by atoms with E-state index in [1.165, 1.54) is 7.11 Å². The van der Waals surface area contributed by atoms with E-state index >= 15 is 0 Å². The average molecular weight is 549 g/mol. The van der Waals surface area contributed by atoms with E-state index in [0.717, 1.165) is 53.5 Å². The summed E-state index contributed by atoms with van der Waals surface area (Å²) in [5.41, 5.74) is 4.76. The molecule has 0 aliphatic carbocycles. The SMILES string of the molecule is COC(O)c1ccc(C)c(NC(=O)c2cc(N3CCC(O[Si](C)(C)C(C)(C)C)CC3)cc3ccccc23)c1C. The zero-order chi connectivity index (χ0) is 28.5. The molecule has 3 aromatic carbocycles. The van der Waals surface area contributed by atoms with Crippen LogP contribution in [0.5, 0.6) is 0 Å². The zero-order valence-corrected chi connectivity index (χ0v) is 25.7. The summed E-state index contributed by atoms with van der Waals surface area (Å²) in [6, 6.07) is 16.0. The predicted molar refractivity (Wildman–Crippen MR) is 163 cm³/mol. The van der Waals surface area contributed by atoms with Crippen LogP contribution in [0.25, 0.3) is 10.8 Å². The monoisotopic (exact) mass is 548 g/mol. The number of carbonyl (C=O) groups excluding carboxylic acids is 1. The van der Waals surface area contributed by atoms with Gasteiger partial charge in [-0.15, -0.1) is 0 Å². The van der Waals surface area contributed by atoms with E-state index in [2.05, 4.69) is 56.2 Å². The summed E-state index contributed by atoms with van der Waals surface area (Å²) in [5.74, 6) is -0.167. The summed E-state index contributed by atoms with van der Waals surface area (Å²) in [4.78, 5) is 16.2. The fraction of sp³-hybridized carbons (Fsp3) is 0.469. The van der Waals surface area contributed by atoms with Gasteiger partial charge in [0.25, 0.3) is 5.91 Å². The molecule has 1 unspecified atom stereocenters. The fourth-order valence-electron chi connectivity index (χ4n) is 5.12. The topological polar surface area (TPSA) is 71.0 Å². The minimum absolute atomic E-state index is 0.167. The van der Waals surface area contributed by atoms with Gasteiger partial charge in [-0.25, -0.2) is 0 Å². The number of hydrogen-bond donors (Lipinski definition) is 2. The molecule has 7 heteroatoms. The molecule has 1 aliphatic heterocycles. The van der Waals surface area contributed by atoms with Crippen molar-refractivity contribution in [2.45, 2.75) is 78.0 Å². The number of anilines is 2. The molecule has 1 fully saturated rings. The second-order valence-electron chi connectivity index (χ2n) is 12.3. The molecule has 3 aromatic rings. The van der Waals surface area contributed by atoms with Crippen molar-refractivity contribution < 1.29 is 19.1 Å². The number of nitrogens with one attached hydrogen (secondary N) is 1. The van der Waals surface area contributed by atoms with E-state index in [-0.39, 0.29) is 17.0 Å². The van der Waals surface area contributed by atoms with Crippen LogP contribution in [0, 0.1) is 13.8 Å². The standard InChI is InChI=1S/C32H44N2O4Si/c1-21-13-14-26(31(36)37-6)22(2)29(21)33-30(35)28-20-24(19-23-11-9-10-12-27(23)28)34-17-15-25(16-18-34)38-39(7,8)32(3,4)5/h9-14,19-20,25,31,36H,15-18H2,1-8H3,(H,33,35). The summed E-state index contributed by atoms with van der Waals surface area (Å²) >= 11 is 0. The summed E-state index contributed by atoms with van der Waals surface area (Å²) in [7, 11) is -0.349. The number of aryl methyl sites for hydroxylation is 1. The Morgan fingerprint density at radius 2 is 1.74 bits per heavy atom. The van der Waals surface area contributed by atoms with Gasteiger partial charge in [-0.2, -0.15) is 0 Å². The van der Waals surface area contributed by atoms with Crippen LogP contribution in [-0.2, 0) is 9.16 Å². The number of ether oxygens (including phenoxy) is 1. The molecular formula is C32H44N2O4Si. The Morgan fingerprint density at radius 3 is 2.38 bits per heavy atom. The Labute approximate surface area is 234 Å². The van der Waals surface area contributed by atoms with Gasteiger partial charge in [0.1, 0.15) is 0 Å². The van der Waals surface area contributed by atoms with Crippen LogP contribution in [0.4, 0.5) is 11.4 Å². The van der Waals surface area contributed by atoms with Crippen LogP contribution in [0.2, 0.25) is 18.1 Å². The number of nitrogens with zero attached hydrogens (tertiary/aromatic N) is 1. The lowest BCUT2D eigenvalue weighted by molar-refractivity contribution is -0.0772. The summed E-state index contributed by atoms with van der Waals surface area (Å²) in [5, 5.41) is 15.6. The maximum Gasteiger partial charge on any atom is 0.256 e. The number of methoxy groups -OCH3 is 1. The highest BCUT2D eigenvalue weighted by molar-refractivity contribution is 6.74. The maximum atomic E-state index is 13.8. The Hall–Kier alpha value is -2.71. The van der Waals surface area contributed by atoms with Gasteiger partial charge < -0.3 is 24.5 Å². The first-order valence-corrected chi connectivity index (χ1v) is 16.8. The number of fused-ring (bicyclic) bond motifs is 1. The number of aliphatic hydroxyl groups is 1. The van der Waals surface area contributed by atoms with Crippen LogP contribution < -0.4 is 10.2 Å². The third-order valence-electron chi connectivity index (χ3n) is 8.61. The second-order valence-corrected chi connectivity index (χ2v) is 17.0. The third-order valence-corrected chi connectivity index (χ3v) is 13.1.